The van der Waals surface area contributed by atoms with Crippen LogP contribution in [0.1, 0.15) is 19.8 Å². The summed E-state index contributed by atoms with van der Waals surface area (Å²) in [5, 5.41) is 0. The third-order valence-corrected chi connectivity index (χ3v) is 1.44. The smallest absolute Gasteiger partial charge is 0.0478 e. The van der Waals surface area contributed by atoms with Gasteiger partial charge in [-0.1, -0.05) is 6.58 Å². The zero-order chi connectivity index (χ0) is 5.98. The van der Waals surface area contributed by atoms with E-state index in [9.17, 15) is 0 Å². The lowest BCUT2D eigenvalue weighted by molar-refractivity contribution is 0.739. The second kappa shape index (κ2) is 2.12. The van der Waals surface area contributed by atoms with E-state index in [0.29, 0.717) is 6.04 Å². The molecule has 1 aliphatic heterocycles. The molecule has 0 N–H and O–H groups in total. The van der Waals surface area contributed by atoms with Crippen LogP contribution in [0.15, 0.2) is 17.6 Å². The molecule has 0 saturated carbocycles. The van der Waals surface area contributed by atoms with Gasteiger partial charge in [0.2, 0.25) is 0 Å². The van der Waals surface area contributed by atoms with Crippen LogP contribution in [0.2, 0.25) is 0 Å². The topological polar surface area (TPSA) is 12.4 Å². The first-order valence-corrected chi connectivity index (χ1v) is 3.02. The highest BCUT2D eigenvalue weighted by Crippen LogP contribution is 2.11. The van der Waals surface area contributed by atoms with Gasteiger partial charge in [-0.15, -0.1) is 0 Å². The average Bonchev–Trinajstić information content (AvgIpc) is 2.14. The Morgan fingerprint density at radius 2 is 2.62 bits per heavy atom. The van der Waals surface area contributed by atoms with Crippen LogP contribution in [0.25, 0.3) is 0 Å². The Hall–Kier alpha value is -0.590. The van der Waals surface area contributed by atoms with E-state index in [1.54, 1.807) is 0 Å². The summed E-state index contributed by atoms with van der Waals surface area (Å²) < 4.78 is 0. The summed E-state index contributed by atoms with van der Waals surface area (Å²) in [6, 6.07) is 0.544. The van der Waals surface area contributed by atoms with Crippen molar-refractivity contribution in [3.8, 4) is 0 Å². The van der Waals surface area contributed by atoms with Crippen LogP contribution in [0.5, 0.6) is 0 Å². The molecular weight excluding hydrogens is 98.1 g/mol. The van der Waals surface area contributed by atoms with Crippen LogP contribution >= 0.6 is 0 Å². The Morgan fingerprint density at radius 1 is 1.88 bits per heavy atom. The van der Waals surface area contributed by atoms with Crippen LogP contribution in [0.3, 0.4) is 0 Å². The monoisotopic (exact) mass is 109 g/mol. The standard InChI is InChI=1S/C7H11N/c1-3-7-5-4-6(2)8-7/h3,6H,1,4-5H2,2H3. The van der Waals surface area contributed by atoms with Gasteiger partial charge in [-0.05, 0) is 25.8 Å². The Labute approximate surface area is 50.1 Å². The summed E-state index contributed by atoms with van der Waals surface area (Å²) >= 11 is 0. The number of aliphatic imine (C=N–C) groups is 1. The Kier molecular flexibility index (Phi) is 1.47. The number of nitrogens with zero attached hydrogens (tertiary/aromatic N) is 1. The van der Waals surface area contributed by atoms with Crippen LogP contribution < -0.4 is 0 Å². The molecule has 1 aliphatic rings. The lowest BCUT2D eigenvalue weighted by Crippen LogP contribution is -1.86. The number of hydrogen-bond acceptors (Lipinski definition) is 1. The van der Waals surface area contributed by atoms with Gasteiger partial charge in [0.1, 0.15) is 0 Å². The first-order valence-electron chi connectivity index (χ1n) is 3.02. The zero-order valence-electron chi connectivity index (χ0n) is 5.22. The molecule has 1 rings (SSSR count). The van der Waals surface area contributed by atoms with Crippen molar-refractivity contribution in [2.45, 2.75) is 25.8 Å². The fourth-order valence-electron chi connectivity index (χ4n) is 0.924. The summed E-state index contributed by atoms with van der Waals surface area (Å²) in [5.74, 6) is 0. The molecule has 0 spiro atoms. The first-order chi connectivity index (χ1) is 3.83. The normalized spacial score (nSPS) is 27.6. The second-order valence-corrected chi connectivity index (χ2v) is 2.21. The highest BCUT2D eigenvalue weighted by atomic mass is 14.8. The van der Waals surface area contributed by atoms with Gasteiger partial charge in [-0.25, -0.2) is 0 Å². The molecule has 0 aromatic carbocycles. The summed E-state index contributed by atoms with van der Waals surface area (Å²) in [6.07, 6.45) is 4.19. The molecule has 1 unspecified atom stereocenters. The molecule has 1 nitrogen and oxygen atoms in total. The van der Waals surface area contributed by atoms with Crippen LogP contribution in [0.4, 0.5) is 0 Å². The molecule has 0 amide bonds. The minimum atomic E-state index is 0.544. The minimum Gasteiger partial charge on any atom is -0.287 e. The van der Waals surface area contributed by atoms with E-state index in [1.165, 1.54) is 12.1 Å². The van der Waals surface area contributed by atoms with Gasteiger partial charge in [-0.2, -0.15) is 0 Å². The van der Waals surface area contributed by atoms with E-state index < -0.39 is 0 Å². The first kappa shape index (κ1) is 5.54. The third-order valence-electron chi connectivity index (χ3n) is 1.44. The molecule has 0 saturated heterocycles. The average molecular weight is 109 g/mol. The maximum Gasteiger partial charge on any atom is 0.0478 e. The number of allylic oxidation sites excluding steroid dienone is 1. The number of rotatable bonds is 1. The van der Waals surface area contributed by atoms with Crippen molar-refractivity contribution in [1.29, 1.82) is 0 Å². The summed E-state index contributed by atoms with van der Waals surface area (Å²) in [5.41, 5.74) is 1.18. The van der Waals surface area contributed by atoms with Gasteiger partial charge >= 0.3 is 0 Å². The van der Waals surface area contributed by atoms with Crippen molar-refractivity contribution >= 4 is 5.71 Å². The fourth-order valence-corrected chi connectivity index (χ4v) is 0.924. The van der Waals surface area contributed by atoms with E-state index in [0.717, 1.165) is 6.42 Å². The van der Waals surface area contributed by atoms with Gasteiger partial charge < -0.3 is 0 Å². The van der Waals surface area contributed by atoms with E-state index in [2.05, 4.69) is 18.5 Å². The minimum absolute atomic E-state index is 0.544. The van der Waals surface area contributed by atoms with Gasteiger partial charge in [-0.3, -0.25) is 4.99 Å². The van der Waals surface area contributed by atoms with Gasteiger partial charge in [0.25, 0.3) is 0 Å². The highest BCUT2D eigenvalue weighted by molar-refractivity contribution is 5.95. The Bertz CT molecular complexity index is 124. The zero-order valence-corrected chi connectivity index (χ0v) is 5.22. The third kappa shape index (κ3) is 0.971. The summed E-state index contributed by atoms with van der Waals surface area (Å²) in [7, 11) is 0. The van der Waals surface area contributed by atoms with Crippen molar-refractivity contribution in [2.75, 3.05) is 0 Å². The van der Waals surface area contributed by atoms with Crippen LogP contribution in [0, 0.1) is 0 Å². The van der Waals surface area contributed by atoms with Crippen molar-refractivity contribution in [2.24, 2.45) is 4.99 Å². The molecule has 0 fully saturated rings. The maximum absolute atomic E-state index is 4.31. The molecule has 0 aromatic rings. The highest BCUT2D eigenvalue weighted by Gasteiger charge is 2.08. The molecule has 44 valence electrons. The predicted molar refractivity (Wildman–Crippen MR) is 36.3 cm³/mol. The largest absolute Gasteiger partial charge is 0.287 e. The van der Waals surface area contributed by atoms with E-state index in [4.69, 9.17) is 0 Å². The predicted octanol–water partition coefficient (Wildman–Crippen LogP) is 1.80. The maximum atomic E-state index is 4.31. The Balaban J connectivity index is 2.56. The van der Waals surface area contributed by atoms with Gasteiger partial charge in [0, 0.05) is 11.8 Å². The van der Waals surface area contributed by atoms with Gasteiger partial charge in [0.05, 0.1) is 0 Å². The molecule has 1 atom stereocenters. The van der Waals surface area contributed by atoms with Crippen molar-refractivity contribution in [3.63, 3.8) is 0 Å². The molecule has 1 heterocycles. The molecule has 1 heteroatoms. The molecule has 0 bridgehead atoms. The van der Waals surface area contributed by atoms with Crippen LogP contribution in [-0.4, -0.2) is 11.8 Å². The fraction of sp³-hybridized carbons (Fsp3) is 0.571. The number of hydrogen-bond donors (Lipinski definition) is 0. The van der Waals surface area contributed by atoms with Crippen molar-refractivity contribution in [3.05, 3.63) is 12.7 Å². The van der Waals surface area contributed by atoms with Crippen molar-refractivity contribution < 1.29 is 0 Å². The summed E-state index contributed by atoms with van der Waals surface area (Å²) in [4.78, 5) is 4.31. The Morgan fingerprint density at radius 3 is 2.88 bits per heavy atom. The van der Waals surface area contributed by atoms with E-state index in [1.807, 2.05) is 6.08 Å². The molecule has 0 aliphatic carbocycles. The van der Waals surface area contributed by atoms with Crippen molar-refractivity contribution in [1.82, 2.24) is 0 Å². The summed E-state index contributed by atoms with van der Waals surface area (Å²) in [6.45, 7) is 5.78. The second-order valence-electron chi connectivity index (χ2n) is 2.21. The molecule has 0 radical (unpaired) electrons. The lowest BCUT2D eigenvalue weighted by Gasteiger charge is -1.88. The molecule has 8 heavy (non-hydrogen) atoms. The SMILES string of the molecule is C=CC1=NC(C)CC1. The molecular formula is C7H11N. The van der Waals surface area contributed by atoms with E-state index in [-0.39, 0.29) is 0 Å². The van der Waals surface area contributed by atoms with Crippen LogP contribution in [-0.2, 0) is 0 Å². The van der Waals surface area contributed by atoms with E-state index >= 15 is 0 Å². The molecule has 0 aromatic heterocycles. The lowest BCUT2D eigenvalue weighted by atomic mass is 10.2. The quantitative estimate of drug-likeness (QED) is 0.487. The van der Waals surface area contributed by atoms with Gasteiger partial charge in [0.15, 0.2) is 0 Å².